The van der Waals surface area contributed by atoms with Gasteiger partial charge in [0.1, 0.15) is 23.7 Å². The van der Waals surface area contributed by atoms with Crippen LogP contribution in [0, 0.1) is 5.82 Å². The van der Waals surface area contributed by atoms with E-state index in [2.05, 4.69) is 21.4 Å². The van der Waals surface area contributed by atoms with E-state index in [-0.39, 0.29) is 5.82 Å². The number of ether oxygens (including phenoxy) is 1. The van der Waals surface area contributed by atoms with Crippen LogP contribution in [-0.4, -0.2) is 23.1 Å². The number of para-hydroxylation sites is 1. The first-order chi connectivity index (χ1) is 13.8. The SMILES string of the molecule is Fc1ccc(-c2cncc(CNCCOc3cccc4cccnc34)c2)cc1. The van der Waals surface area contributed by atoms with E-state index in [9.17, 15) is 4.39 Å². The minimum absolute atomic E-state index is 0.240. The molecule has 0 aliphatic carbocycles. The monoisotopic (exact) mass is 373 g/mol. The minimum atomic E-state index is -0.240. The molecule has 4 nitrogen and oxygen atoms in total. The van der Waals surface area contributed by atoms with Crippen LogP contribution in [0.15, 0.2) is 79.3 Å². The standard InChI is InChI=1S/C23H20FN3O/c24-21-8-6-18(7-9-21)20-13-17(15-26-16-20)14-25-11-12-28-22-5-1-3-19-4-2-10-27-23(19)22/h1-10,13,15-16,25H,11-12,14H2. The topological polar surface area (TPSA) is 47.0 Å². The van der Waals surface area contributed by atoms with Gasteiger partial charge in [-0.2, -0.15) is 0 Å². The molecule has 0 aliphatic rings. The van der Waals surface area contributed by atoms with Crippen molar-refractivity contribution in [2.75, 3.05) is 13.2 Å². The molecule has 5 heteroatoms. The summed E-state index contributed by atoms with van der Waals surface area (Å²) < 4.78 is 19.0. The summed E-state index contributed by atoms with van der Waals surface area (Å²) in [6.07, 6.45) is 5.39. The van der Waals surface area contributed by atoms with Crippen LogP contribution in [0.4, 0.5) is 4.39 Å². The van der Waals surface area contributed by atoms with E-state index in [1.54, 1.807) is 24.5 Å². The molecule has 0 spiro atoms. The number of hydrogen-bond acceptors (Lipinski definition) is 4. The molecule has 0 saturated carbocycles. The van der Waals surface area contributed by atoms with Crippen molar-refractivity contribution in [2.24, 2.45) is 0 Å². The first-order valence-electron chi connectivity index (χ1n) is 9.17. The summed E-state index contributed by atoms with van der Waals surface area (Å²) in [5.74, 6) is 0.552. The Bertz CT molecular complexity index is 1060. The van der Waals surface area contributed by atoms with Crippen LogP contribution in [-0.2, 0) is 6.54 Å². The zero-order valence-corrected chi connectivity index (χ0v) is 15.3. The highest BCUT2D eigenvalue weighted by molar-refractivity contribution is 5.84. The lowest BCUT2D eigenvalue weighted by molar-refractivity contribution is 0.316. The highest BCUT2D eigenvalue weighted by atomic mass is 19.1. The molecule has 28 heavy (non-hydrogen) atoms. The molecular weight excluding hydrogens is 353 g/mol. The maximum Gasteiger partial charge on any atom is 0.145 e. The Morgan fingerprint density at radius 2 is 1.79 bits per heavy atom. The zero-order chi connectivity index (χ0) is 19.2. The van der Waals surface area contributed by atoms with Crippen molar-refractivity contribution in [3.63, 3.8) is 0 Å². The third-order valence-electron chi connectivity index (χ3n) is 4.43. The molecule has 2 heterocycles. The molecule has 0 aliphatic heterocycles. The van der Waals surface area contributed by atoms with Gasteiger partial charge in [0.15, 0.2) is 0 Å². The van der Waals surface area contributed by atoms with E-state index in [4.69, 9.17) is 4.74 Å². The van der Waals surface area contributed by atoms with Crippen molar-refractivity contribution in [3.8, 4) is 16.9 Å². The van der Waals surface area contributed by atoms with Crippen LogP contribution in [0.5, 0.6) is 5.75 Å². The number of nitrogens with one attached hydrogen (secondary N) is 1. The molecule has 0 fully saturated rings. The zero-order valence-electron chi connectivity index (χ0n) is 15.3. The van der Waals surface area contributed by atoms with Crippen LogP contribution < -0.4 is 10.1 Å². The van der Waals surface area contributed by atoms with Gasteiger partial charge in [0, 0.05) is 42.6 Å². The summed E-state index contributed by atoms with van der Waals surface area (Å²) in [6, 6.07) is 18.4. The number of halogens is 1. The first-order valence-corrected chi connectivity index (χ1v) is 9.17. The van der Waals surface area contributed by atoms with Gasteiger partial charge in [0.2, 0.25) is 0 Å². The van der Waals surface area contributed by atoms with E-state index < -0.39 is 0 Å². The van der Waals surface area contributed by atoms with Gasteiger partial charge in [-0.3, -0.25) is 9.97 Å². The Kier molecular flexibility index (Phi) is 5.54. The number of aromatic nitrogens is 2. The lowest BCUT2D eigenvalue weighted by atomic mass is 10.1. The van der Waals surface area contributed by atoms with E-state index in [1.165, 1.54) is 12.1 Å². The molecule has 4 aromatic rings. The predicted molar refractivity (Wildman–Crippen MR) is 109 cm³/mol. The lowest BCUT2D eigenvalue weighted by Crippen LogP contribution is -2.20. The predicted octanol–water partition coefficient (Wildman–Crippen LogP) is 4.60. The van der Waals surface area contributed by atoms with Crippen molar-refractivity contribution >= 4 is 10.9 Å². The molecular formula is C23H20FN3O. The summed E-state index contributed by atoms with van der Waals surface area (Å²) in [5.41, 5.74) is 3.86. The summed E-state index contributed by atoms with van der Waals surface area (Å²) in [4.78, 5) is 8.69. The quantitative estimate of drug-likeness (QED) is 0.481. The summed E-state index contributed by atoms with van der Waals surface area (Å²) in [7, 11) is 0. The molecule has 0 radical (unpaired) electrons. The highest BCUT2D eigenvalue weighted by Gasteiger charge is 2.03. The van der Waals surface area contributed by atoms with Crippen LogP contribution in [0.1, 0.15) is 5.56 Å². The fraction of sp³-hybridized carbons (Fsp3) is 0.130. The Labute approximate surface area is 163 Å². The molecule has 0 saturated heterocycles. The third-order valence-corrected chi connectivity index (χ3v) is 4.43. The molecule has 140 valence electrons. The summed E-state index contributed by atoms with van der Waals surface area (Å²) >= 11 is 0. The number of benzene rings is 2. The number of pyridine rings is 2. The van der Waals surface area contributed by atoms with Gasteiger partial charge in [-0.25, -0.2) is 4.39 Å². The fourth-order valence-corrected chi connectivity index (χ4v) is 3.04. The first kappa shape index (κ1) is 18.1. The number of nitrogens with zero attached hydrogens (tertiary/aromatic N) is 2. The largest absolute Gasteiger partial charge is 0.490 e. The molecule has 4 rings (SSSR count). The van der Waals surface area contributed by atoms with Gasteiger partial charge in [0.25, 0.3) is 0 Å². The normalized spacial score (nSPS) is 10.9. The van der Waals surface area contributed by atoms with Gasteiger partial charge in [-0.15, -0.1) is 0 Å². The summed E-state index contributed by atoms with van der Waals surface area (Å²) in [5, 5.41) is 4.43. The second kappa shape index (κ2) is 8.59. The van der Waals surface area contributed by atoms with Crippen LogP contribution >= 0.6 is 0 Å². The Morgan fingerprint density at radius 1 is 0.929 bits per heavy atom. The Balaban J connectivity index is 1.31. The van der Waals surface area contributed by atoms with Gasteiger partial charge >= 0.3 is 0 Å². The van der Waals surface area contributed by atoms with Gasteiger partial charge < -0.3 is 10.1 Å². The van der Waals surface area contributed by atoms with E-state index in [0.717, 1.165) is 33.3 Å². The maximum absolute atomic E-state index is 13.1. The van der Waals surface area contributed by atoms with Crippen molar-refractivity contribution in [2.45, 2.75) is 6.54 Å². The average molecular weight is 373 g/mol. The van der Waals surface area contributed by atoms with E-state index in [1.807, 2.05) is 36.5 Å². The Hall–Kier alpha value is -3.31. The molecule has 0 amide bonds. The number of rotatable bonds is 7. The van der Waals surface area contributed by atoms with Gasteiger partial charge in [0.05, 0.1) is 0 Å². The fourth-order valence-electron chi connectivity index (χ4n) is 3.04. The minimum Gasteiger partial charge on any atom is -0.490 e. The Morgan fingerprint density at radius 3 is 2.68 bits per heavy atom. The molecule has 1 N–H and O–H groups in total. The smallest absolute Gasteiger partial charge is 0.145 e. The van der Waals surface area contributed by atoms with E-state index in [0.29, 0.717) is 19.7 Å². The highest BCUT2D eigenvalue weighted by Crippen LogP contribution is 2.23. The van der Waals surface area contributed by atoms with Crippen LogP contribution in [0.25, 0.3) is 22.0 Å². The van der Waals surface area contributed by atoms with E-state index >= 15 is 0 Å². The number of fused-ring (bicyclic) bond motifs is 1. The molecule has 0 atom stereocenters. The molecule has 2 aromatic carbocycles. The summed E-state index contributed by atoms with van der Waals surface area (Å²) in [6.45, 7) is 1.92. The second-order valence-corrected chi connectivity index (χ2v) is 6.45. The molecule has 0 bridgehead atoms. The lowest BCUT2D eigenvalue weighted by Gasteiger charge is -2.10. The van der Waals surface area contributed by atoms with Crippen molar-refractivity contribution in [3.05, 3.63) is 90.6 Å². The van der Waals surface area contributed by atoms with Gasteiger partial charge in [-0.1, -0.05) is 30.3 Å². The number of hydrogen-bond donors (Lipinski definition) is 1. The van der Waals surface area contributed by atoms with Gasteiger partial charge in [-0.05, 0) is 41.5 Å². The van der Waals surface area contributed by atoms with Crippen LogP contribution in [0.3, 0.4) is 0 Å². The second-order valence-electron chi connectivity index (χ2n) is 6.45. The van der Waals surface area contributed by atoms with Crippen LogP contribution in [0.2, 0.25) is 0 Å². The van der Waals surface area contributed by atoms with Crippen molar-refractivity contribution < 1.29 is 9.13 Å². The van der Waals surface area contributed by atoms with Crippen molar-refractivity contribution in [1.29, 1.82) is 0 Å². The average Bonchev–Trinajstić information content (AvgIpc) is 2.74. The maximum atomic E-state index is 13.1. The van der Waals surface area contributed by atoms with Crippen molar-refractivity contribution in [1.82, 2.24) is 15.3 Å². The molecule has 2 aromatic heterocycles. The third kappa shape index (κ3) is 4.32. The molecule has 0 unspecified atom stereocenters.